The molecular weight excluding hydrogens is 336 g/mol. The van der Waals surface area contributed by atoms with Gasteiger partial charge in [-0.3, -0.25) is 4.79 Å². The highest BCUT2D eigenvalue weighted by molar-refractivity contribution is 9.10. The van der Waals surface area contributed by atoms with Crippen molar-refractivity contribution in [1.29, 1.82) is 0 Å². The standard InChI is InChI=1S/C15H23BrN2O3/c1-5-17-15(19)10(3)18-9-11-7-12(16)14(21-6-2)13(8-11)20-4/h7-8,10,18H,5-6,9H2,1-4H3,(H,17,19). The first-order chi connectivity index (χ1) is 10.0. The van der Waals surface area contributed by atoms with Crippen LogP contribution in [-0.4, -0.2) is 32.2 Å². The van der Waals surface area contributed by atoms with Crippen molar-refractivity contribution in [3.63, 3.8) is 0 Å². The van der Waals surface area contributed by atoms with Crippen molar-refractivity contribution in [1.82, 2.24) is 10.6 Å². The molecule has 6 heteroatoms. The Morgan fingerprint density at radius 1 is 1.38 bits per heavy atom. The van der Waals surface area contributed by atoms with Gasteiger partial charge >= 0.3 is 0 Å². The van der Waals surface area contributed by atoms with Gasteiger partial charge < -0.3 is 20.1 Å². The van der Waals surface area contributed by atoms with Gasteiger partial charge in [0.1, 0.15) is 0 Å². The number of likely N-dealkylation sites (N-methyl/N-ethyl adjacent to an activating group) is 1. The Morgan fingerprint density at radius 3 is 2.67 bits per heavy atom. The fraction of sp³-hybridized carbons (Fsp3) is 0.533. The van der Waals surface area contributed by atoms with Gasteiger partial charge in [-0.25, -0.2) is 0 Å². The quantitative estimate of drug-likeness (QED) is 0.749. The lowest BCUT2D eigenvalue weighted by atomic mass is 10.2. The van der Waals surface area contributed by atoms with Crippen LogP contribution in [0.3, 0.4) is 0 Å². The molecule has 1 unspecified atom stereocenters. The number of carbonyl (C=O) groups is 1. The Bertz CT molecular complexity index is 480. The van der Waals surface area contributed by atoms with E-state index < -0.39 is 0 Å². The molecular formula is C15H23BrN2O3. The maximum Gasteiger partial charge on any atom is 0.236 e. The number of nitrogens with one attached hydrogen (secondary N) is 2. The number of hydrogen-bond donors (Lipinski definition) is 2. The molecule has 0 heterocycles. The van der Waals surface area contributed by atoms with Crippen molar-refractivity contribution >= 4 is 21.8 Å². The van der Waals surface area contributed by atoms with Crippen LogP contribution in [0.15, 0.2) is 16.6 Å². The van der Waals surface area contributed by atoms with Crippen molar-refractivity contribution in [2.24, 2.45) is 0 Å². The minimum Gasteiger partial charge on any atom is -0.493 e. The van der Waals surface area contributed by atoms with Gasteiger partial charge in [0.15, 0.2) is 11.5 Å². The van der Waals surface area contributed by atoms with Crippen LogP contribution >= 0.6 is 15.9 Å². The molecule has 1 aromatic rings. The lowest BCUT2D eigenvalue weighted by Gasteiger charge is -2.16. The van der Waals surface area contributed by atoms with Crippen LogP contribution in [0.2, 0.25) is 0 Å². The molecule has 1 aromatic carbocycles. The Kier molecular flexibility index (Phi) is 7.53. The minimum atomic E-state index is -0.249. The summed E-state index contributed by atoms with van der Waals surface area (Å²) in [6.07, 6.45) is 0. The van der Waals surface area contributed by atoms with Gasteiger partial charge in [0.05, 0.1) is 24.2 Å². The van der Waals surface area contributed by atoms with Crippen LogP contribution in [0.5, 0.6) is 11.5 Å². The highest BCUT2D eigenvalue weighted by Crippen LogP contribution is 2.36. The molecule has 0 saturated carbocycles. The van der Waals surface area contributed by atoms with E-state index >= 15 is 0 Å². The second-order valence-corrected chi connectivity index (χ2v) is 5.39. The van der Waals surface area contributed by atoms with E-state index in [0.29, 0.717) is 31.2 Å². The van der Waals surface area contributed by atoms with E-state index in [4.69, 9.17) is 9.47 Å². The van der Waals surface area contributed by atoms with Gasteiger partial charge in [0.2, 0.25) is 5.91 Å². The summed E-state index contributed by atoms with van der Waals surface area (Å²) in [5, 5.41) is 5.97. The minimum absolute atomic E-state index is 0.00512. The number of hydrogen-bond acceptors (Lipinski definition) is 4. The van der Waals surface area contributed by atoms with E-state index in [1.807, 2.05) is 32.9 Å². The molecule has 21 heavy (non-hydrogen) atoms. The van der Waals surface area contributed by atoms with Gasteiger partial charge in [-0.1, -0.05) is 0 Å². The highest BCUT2D eigenvalue weighted by atomic mass is 79.9. The molecule has 0 bridgehead atoms. The molecule has 1 rings (SSSR count). The largest absolute Gasteiger partial charge is 0.493 e. The second kappa shape index (κ2) is 8.89. The first-order valence-corrected chi connectivity index (χ1v) is 7.83. The molecule has 118 valence electrons. The fourth-order valence-corrected chi connectivity index (χ4v) is 2.45. The van der Waals surface area contributed by atoms with E-state index in [1.165, 1.54) is 0 Å². The molecule has 0 aliphatic heterocycles. The number of methoxy groups -OCH3 is 1. The molecule has 2 N–H and O–H groups in total. The first-order valence-electron chi connectivity index (χ1n) is 7.03. The Morgan fingerprint density at radius 2 is 2.10 bits per heavy atom. The smallest absolute Gasteiger partial charge is 0.236 e. The van der Waals surface area contributed by atoms with Gasteiger partial charge in [-0.15, -0.1) is 0 Å². The zero-order chi connectivity index (χ0) is 15.8. The summed E-state index contributed by atoms with van der Waals surface area (Å²) in [4.78, 5) is 11.7. The first kappa shape index (κ1) is 17.8. The molecule has 1 atom stereocenters. The Hall–Kier alpha value is -1.27. The third kappa shape index (κ3) is 5.21. The summed E-state index contributed by atoms with van der Waals surface area (Å²) in [5.74, 6) is 1.36. The Balaban J connectivity index is 2.76. The number of halogens is 1. The third-order valence-electron chi connectivity index (χ3n) is 2.93. The highest BCUT2D eigenvalue weighted by Gasteiger charge is 2.14. The van der Waals surface area contributed by atoms with Gasteiger partial charge in [-0.05, 0) is 54.4 Å². The maximum atomic E-state index is 11.7. The predicted molar refractivity (Wildman–Crippen MR) is 86.8 cm³/mol. The van der Waals surface area contributed by atoms with Gasteiger partial charge in [0, 0.05) is 13.1 Å². The molecule has 0 radical (unpaired) electrons. The average molecular weight is 359 g/mol. The van der Waals surface area contributed by atoms with E-state index in [-0.39, 0.29) is 11.9 Å². The molecule has 0 spiro atoms. The maximum absolute atomic E-state index is 11.7. The van der Waals surface area contributed by atoms with Crippen LogP contribution < -0.4 is 20.1 Å². The number of amides is 1. The summed E-state index contributed by atoms with van der Waals surface area (Å²) in [7, 11) is 1.61. The molecule has 0 saturated heterocycles. The molecule has 5 nitrogen and oxygen atoms in total. The van der Waals surface area contributed by atoms with Crippen molar-refractivity contribution < 1.29 is 14.3 Å². The van der Waals surface area contributed by atoms with E-state index in [9.17, 15) is 4.79 Å². The van der Waals surface area contributed by atoms with Crippen LogP contribution in [-0.2, 0) is 11.3 Å². The number of carbonyl (C=O) groups excluding carboxylic acids is 1. The van der Waals surface area contributed by atoms with Crippen LogP contribution in [0.25, 0.3) is 0 Å². The zero-order valence-electron chi connectivity index (χ0n) is 13.0. The topological polar surface area (TPSA) is 59.6 Å². The Labute approximate surface area is 134 Å². The summed E-state index contributed by atoms with van der Waals surface area (Å²) in [6, 6.07) is 3.62. The lowest BCUT2D eigenvalue weighted by Crippen LogP contribution is -2.41. The summed E-state index contributed by atoms with van der Waals surface area (Å²) in [5.41, 5.74) is 1.01. The van der Waals surface area contributed by atoms with Crippen molar-refractivity contribution in [2.45, 2.75) is 33.4 Å². The molecule has 0 aliphatic carbocycles. The van der Waals surface area contributed by atoms with E-state index in [1.54, 1.807) is 7.11 Å². The summed E-state index contributed by atoms with van der Waals surface area (Å²) in [6.45, 7) is 7.44. The van der Waals surface area contributed by atoms with Crippen molar-refractivity contribution in [2.75, 3.05) is 20.3 Å². The van der Waals surface area contributed by atoms with Crippen molar-refractivity contribution in [3.8, 4) is 11.5 Å². The van der Waals surface area contributed by atoms with Gasteiger partial charge in [-0.2, -0.15) is 0 Å². The summed E-state index contributed by atoms with van der Waals surface area (Å²) < 4.78 is 11.7. The molecule has 0 aromatic heterocycles. The van der Waals surface area contributed by atoms with Gasteiger partial charge in [0.25, 0.3) is 0 Å². The number of rotatable bonds is 8. The van der Waals surface area contributed by atoms with Crippen LogP contribution in [0.4, 0.5) is 0 Å². The monoisotopic (exact) mass is 358 g/mol. The average Bonchev–Trinajstić information content (AvgIpc) is 2.47. The predicted octanol–water partition coefficient (Wildman–Crippen LogP) is 2.47. The lowest BCUT2D eigenvalue weighted by molar-refractivity contribution is -0.122. The fourth-order valence-electron chi connectivity index (χ4n) is 1.85. The van der Waals surface area contributed by atoms with E-state index in [0.717, 1.165) is 10.0 Å². The summed E-state index contributed by atoms with van der Waals surface area (Å²) >= 11 is 3.49. The SMILES string of the molecule is CCNC(=O)C(C)NCc1cc(Br)c(OCC)c(OC)c1. The van der Waals surface area contributed by atoms with E-state index in [2.05, 4.69) is 26.6 Å². The normalized spacial score (nSPS) is 11.9. The number of ether oxygens (including phenoxy) is 2. The molecule has 0 fully saturated rings. The molecule has 1 amide bonds. The third-order valence-corrected chi connectivity index (χ3v) is 3.52. The van der Waals surface area contributed by atoms with Crippen molar-refractivity contribution in [3.05, 3.63) is 22.2 Å². The zero-order valence-corrected chi connectivity index (χ0v) is 14.5. The second-order valence-electron chi connectivity index (χ2n) is 4.54. The molecule has 0 aliphatic rings. The van der Waals surface area contributed by atoms with Crippen LogP contribution in [0.1, 0.15) is 26.3 Å². The van der Waals surface area contributed by atoms with Crippen LogP contribution in [0, 0.1) is 0 Å². The number of benzene rings is 1.